The van der Waals surface area contributed by atoms with Crippen molar-refractivity contribution in [3.8, 4) is 10.4 Å². The number of ether oxygens (including phenoxy) is 1. The number of anilines is 3. The number of nitrogens with zero attached hydrogens (tertiary/aromatic N) is 4. The number of hydrogen-bond acceptors (Lipinski definition) is 8. The summed E-state index contributed by atoms with van der Waals surface area (Å²) < 4.78 is 5.42. The highest BCUT2D eigenvalue weighted by atomic mass is 32.1. The summed E-state index contributed by atoms with van der Waals surface area (Å²) >= 11 is 1.61. The molecule has 0 amide bonds. The van der Waals surface area contributed by atoms with E-state index in [1.54, 1.807) is 16.4 Å². The Hall–Kier alpha value is -3.10. The van der Waals surface area contributed by atoms with Crippen LogP contribution in [0.1, 0.15) is 0 Å². The molecule has 0 atom stereocenters. The monoisotopic (exact) mass is 407 g/mol. The summed E-state index contributed by atoms with van der Waals surface area (Å²) in [5.41, 5.74) is 6.84. The second kappa shape index (κ2) is 7.73. The molecule has 2 aliphatic rings. The van der Waals surface area contributed by atoms with Crippen LogP contribution in [0.25, 0.3) is 10.4 Å². The summed E-state index contributed by atoms with van der Waals surface area (Å²) in [6, 6.07) is 14.9. The van der Waals surface area contributed by atoms with Crippen LogP contribution in [0.4, 0.5) is 22.7 Å². The minimum atomic E-state index is 0.449. The molecule has 3 heterocycles. The molecule has 1 N–H and O–H groups in total. The normalized spacial score (nSPS) is 16.1. The molecule has 1 fully saturated rings. The quantitative estimate of drug-likeness (QED) is 0.705. The highest BCUT2D eigenvalue weighted by molar-refractivity contribution is 7.13. The number of morpholine rings is 1. The number of hydroxylamine groups is 1. The number of aliphatic imine (C=N–C) groups is 1. The first-order chi connectivity index (χ1) is 14.3. The van der Waals surface area contributed by atoms with E-state index in [1.807, 2.05) is 37.0 Å². The van der Waals surface area contributed by atoms with Crippen LogP contribution in [0.2, 0.25) is 0 Å². The zero-order chi connectivity index (χ0) is 19.6. The van der Waals surface area contributed by atoms with Gasteiger partial charge in [-0.25, -0.2) is 5.06 Å². The number of fused-ring (bicyclic) bond motifs is 1. The number of amidine groups is 1. The zero-order valence-electron chi connectivity index (χ0n) is 16.0. The van der Waals surface area contributed by atoms with Crippen LogP contribution < -0.4 is 15.3 Å². The molecule has 0 spiro atoms. The van der Waals surface area contributed by atoms with Crippen molar-refractivity contribution < 1.29 is 9.57 Å². The fourth-order valence-electron chi connectivity index (χ4n) is 3.44. The number of nitrogens with one attached hydrogen (secondary N) is 1. The Kier molecular flexibility index (Phi) is 4.79. The van der Waals surface area contributed by atoms with E-state index < -0.39 is 0 Å². The SMILES string of the molecule is CN1OC(Nc2ccc(N3CCOCC3)cc2)=Nc2ccc(-c3cncs3)cc21. The van der Waals surface area contributed by atoms with Crippen molar-refractivity contribution in [2.75, 3.05) is 48.6 Å². The van der Waals surface area contributed by atoms with E-state index in [9.17, 15) is 0 Å². The third-order valence-electron chi connectivity index (χ3n) is 4.97. The maximum atomic E-state index is 5.87. The Morgan fingerprint density at radius 3 is 2.66 bits per heavy atom. The van der Waals surface area contributed by atoms with Gasteiger partial charge in [-0.15, -0.1) is 11.3 Å². The van der Waals surface area contributed by atoms with E-state index in [1.165, 1.54) is 5.69 Å². The van der Waals surface area contributed by atoms with Gasteiger partial charge in [0.1, 0.15) is 5.69 Å². The summed E-state index contributed by atoms with van der Waals surface area (Å²) in [6.07, 6.45) is 1.87. The summed E-state index contributed by atoms with van der Waals surface area (Å²) in [6.45, 7) is 3.41. The van der Waals surface area contributed by atoms with Gasteiger partial charge in [0, 0.05) is 37.7 Å². The van der Waals surface area contributed by atoms with Crippen LogP contribution in [0, 0.1) is 0 Å². The first-order valence-corrected chi connectivity index (χ1v) is 10.4. The van der Waals surface area contributed by atoms with Crippen molar-refractivity contribution in [2.24, 2.45) is 4.99 Å². The van der Waals surface area contributed by atoms with Crippen LogP contribution in [-0.2, 0) is 9.57 Å². The Balaban J connectivity index is 1.33. The molecular formula is C21H21N5O2S. The van der Waals surface area contributed by atoms with Crippen molar-refractivity contribution in [3.63, 3.8) is 0 Å². The summed E-state index contributed by atoms with van der Waals surface area (Å²) in [5.74, 6) is 0. The highest BCUT2D eigenvalue weighted by Crippen LogP contribution is 2.37. The lowest BCUT2D eigenvalue weighted by atomic mass is 10.1. The predicted molar refractivity (Wildman–Crippen MR) is 117 cm³/mol. The average molecular weight is 407 g/mol. The molecule has 0 bridgehead atoms. The van der Waals surface area contributed by atoms with E-state index in [-0.39, 0.29) is 0 Å². The Morgan fingerprint density at radius 1 is 1.07 bits per heavy atom. The second-order valence-electron chi connectivity index (χ2n) is 6.85. The van der Waals surface area contributed by atoms with E-state index in [2.05, 4.69) is 44.5 Å². The van der Waals surface area contributed by atoms with Crippen molar-refractivity contribution in [1.29, 1.82) is 0 Å². The molecule has 1 saturated heterocycles. The molecule has 7 nitrogen and oxygen atoms in total. The molecular weight excluding hydrogens is 386 g/mol. The van der Waals surface area contributed by atoms with E-state index in [0.29, 0.717) is 6.02 Å². The molecule has 148 valence electrons. The van der Waals surface area contributed by atoms with Gasteiger partial charge >= 0.3 is 6.02 Å². The lowest BCUT2D eigenvalue weighted by Crippen LogP contribution is -2.36. The average Bonchev–Trinajstić information content (AvgIpc) is 3.30. The second-order valence-corrected chi connectivity index (χ2v) is 7.73. The van der Waals surface area contributed by atoms with Crippen molar-refractivity contribution in [1.82, 2.24) is 4.98 Å². The maximum Gasteiger partial charge on any atom is 0.321 e. The molecule has 29 heavy (non-hydrogen) atoms. The van der Waals surface area contributed by atoms with Crippen molar-refractivity contribution in [2.45, 2.75) is 0 Å². The lowest BCUT2D eigenvalue weighted by Gasteiger charge is -2.29. The van der Waals surface area contributed by atoms with Gasteiger partial charge in [0.2, 0.25) is 0 Å². The molecule has 3 aromatic rings. The smallest absolute Gasteiger partial charge is 0.321 e. The Morgan fingerprint density at radius 2 is 1.90 bits per heavy atom. The lowest BCUT2D eigenvalue weighted by molar-refractivity contribution is 0.122. The van der Waals surface area contributed by atoms with Crippen LogP contribution in [0.15, 0.2) is 59.2 Å². The molecule has 1 aromatic heterocycles. The van der Waals surface area contributed by atoms with Gasteiger partial charge < -0.3 is 19.8 Å². The van der Waals surface area contributed by atoms with Gasteiger partial charge in [0.25, 0.3) is 0 Å². The Labute approximate surface area is 173 Å². The van der Waals surface area contributed by atoms with Gasteiger partial charge in [-0.2, -0.15) is 4.99 Å². The van der Waals surface area contributed by atoms with E-state index in [0.717, 1.165) is 53.8 Å². The van der Waals surface area contributed by atoms with Gasteiger partial charge in [-0.3, -0.25) is 4.98 Å². The third-order valence-corrected chi connectivity index (χ3v) is 5.79. The molecule has 8 heteroatoms. The summed E-state index contributed by atoms with van der Waals surface area (Å²) in [7, 11) is 1.88. The van der Waals surface area contributed by atoms with Gasteiger partial charge in [0.15, 0.2) is 0 Å². The van der Waals surface area contributed by atoms with E-state index >= 15 is 0 Å². The molecule has 2 aliphatic heterocycles. The summed E-state index contributed by atoms with van der Waals surface area (Å²) in [4.78, 5) is 18.1. The maximum absolute atomic E-state index is 5.87. The molecule has 0 saturated carbocycles. The largest absolute Gasteiger partial charge is 0.378 e. The predicted octanol–water partition coefficient (Wildman–Crippen LogP) is 4.13. The number of benzene rings is 2. The first kappa shape index (κ1) is 18.0. The van der Waals surface area contributed by atoms with Crippen LogP contribution >= 0.6 is 11.3 Å². The van der Waals surface area contributed by atoms with Crippen LogP contribution in [-0.4, -0.2) is 44.4 Å². The minimum absolute atomic E-state index is 0.449. The van der Waals surface area contributed by atoms with Gasteiger partial charge in [-0.1, -0.05) is 6.07 Å². The topological polar surface area (TPSA) is 62.2 Å². The highest BCUT2D eigenvalue weighted by Gasteiger charge is 2.20. The zero-order valence-corrected chi connectivity index (χ0v) is 16.9. The molecule has 0 unspecified atom stereocenters. The van der Waals surface area contributed by atoms with Crippen molar-refractivity contribution >= 4 is 40.1 Å². The standard InChI is InChI=1S/C21H21N5O2S/c1-25-19-12-15(20-13-22-14-29-20)2-7-18(19)24-21(28-25)23-16-3-5-17(6-4-16)26-8-10-27-11-9-26/h2-7,12-14H,8-11H2,1H3,(H,23,24). The molecule has 2 aromatic carbocycles. The molecule has 5 rings (SSSR count). The van der Waals surface area contributed by atoms with Gasteiger partial charge in [0.05, 0.1) is 29.3 Å². The van der Waals surface area contributed by atoms with E-state index in [4.69, 9.17) is 9.57 Å². The number of hydrogen-bond donors (Lipinski definition) is 1. The first-order valence-electron chi connectivity index (χ1n) is 9.49. The number of thiazole rings is 1. The fraction of sp³-hybridized carbons (Fsp3) is 0.238. The fourth-order valence-corrected chi connectivity index (χ4v) is 4.06. The minimum Gasteiger partial charge on any atom is -0.378 e. The number of rotatable bonds is 3. The third kappa shape index (κ3) is 3.76. The Bertz CT molecular complexity index is 1010. The van der Waals surface area contributed by atoms with Crippen LogP contribution in [0.3, 0.4) is 0 Å². The number of aromatic nitrogens is 1. The summed E-state index contributed by atoms with van der Waals surface area (Å²) in [5, 5.41) is 4.99. The van der Waals surface area contributed by atoms with Gasteiger partial charge in [-0.05, 0) is 42.0 Å². The molecule has 0 radical (unpaired) electrons. The van der Waals surface area contributed by atoms with Crippen LogP contribution in [0.5, 0.6) is 0 Å². The molecule has 0 aliphatic carbocycles. The van der Waals surface area contributed by atoms with Crippen molar-refractivity contribution in [3.05, 3.63) is 54.2 Å².